The second-order valence-corrected chi connectivity index (χ2v) is 8.09. The van der Waals surface area contributed by atoms with Crippen LogP contribution >= 0.6 is 0 Å². The molecule has 1 heterocycles. The van der Waals surface area contributed by atoms with E-state index >= 15 is 0 Å². The minimum absolute atomic E-state index is 0.0484. The van der Waals surface area contributed by atoms with Crippen LogP contribution in [0.1, 0.15) is 55.7 Å². The van der Waals surface area contributed by atoms with Gasteiger partial charge in [0.05, 0.1) is 32.1 Å². The number of aldehydes is 1. The van der Waals surface area contributed by atoms with Crippen LogP contribution in [0.15, 0.2) is 48.8 Å². The molecule has 0 fully saturated rings. The lowest BCUT2D eigenvalue weighted by atomic mass is 10.0. The number of ether oxygens (including phenoxy) is 3. The maximum atomic E-state index is 13.1. The van der Waals surface area contributed by atoms with Crippen LogP contribution in [0.2, 0.25) is 0 Å². The Kier molecular flexibility index (Phi) is 11.2. The molecule has 0 aliphatic heterocycles. The lowest BCUT2D eigenvalue weighted by Gasteiger charge is -2.13. The number of allylic oxidation sites excluding steroid dienone is 1. The molecule has 2 rings (SSSR count). The van der Waals surface area contributed by atoms with Crippen LogP contribution in [-0.2, 0) is 20.5 Å². The van der Waals surface area contributed by atoms with Gasteiger partial charge in [0.2, 0.25) is 0 Å². The highest BCUT2D eigenvalue weighted by Crippen LogP contribution is 2.34. The molecule has 9 heteroatoms. The molecule has 0 radical (unpaired) electrons. The van der Waals surface area contributed by atoms with E-state index in [1.807, 2.05) is 0 Å². The second kappa shape index (κ2) is 14.1. The Morgan fingerprint density at radius 3 is 2.42 bits per heavy atom. The van der Waals surface area contributed by atoms with Crippen LogP contribution in [0.25, 0.3) is 11.6 Å². The van der Waals surface area contributed by atoms with Crippen molar-refractivity contribution in [1.82, 2.24) is 4.98 Å². The quantitative estimate of drug-likeness (QED) is 0.130. The number of carbonyl (C=O) groups is 2. The molecule has 0 N–H and O–H groups in total. The number of unbranched alkanes of at least 4 members (excludes halogenated alkanes) is 4. The van der Waals surface area contributed by atoms with Crippen molar-refractivity contribution < 1.29 is 37.0 Å². The summed E-state index contributed by atoms with van der Waals surface area (Å²) < 4.78 is 55.5. The van der Waals surface area contributed by atoms with Gasteiger partial charge < -0.3 is 14.2 Å². The number of halogens is 3. The van der Waals surface area contributed by atoms with E-state index in [1.54, 1.807) is 6.92 Å². The van der Waals surface area contributed by atoms with Crippen molar-refractivity contribution >= 4 is 23.9 Å². The number of rotatable bonds is 14. The van der Waals surface area contributed by atoms with Crippen molar-refractivity contribution in [2.75, 3.05) is 20.3 Å². The third-order valence-corrected chi connectivity index (χ3v) is 5.18. The average Bonchev–Trinajstić information content (AvgIpc) is 2.85. The molecule has 0 saturated heterocycles. The second-order valence-electron chi connectivity index (χ2n) is 8.09. The number of pyridine rings is 1. The maximum Gasteiger partial charge on any atom is 0.416 e. The Morgan fingerprint density at radius 1 is 1.08 bits per heavy atom. The summed E-state index contributed by atoms with van der Waals surface area (Å²) in [6.07, 6.45) is 4.65. The molecule has 0 saturated carbocycles. The molecule has 0 bridgehead atoms. The average molecular weight is 506 g/mol. The van der Waals surface area contributed by atoms with E-state index in [4.69, 9.17) is 14.2 Å². The topological polar surface area (TPSA) is 74.7 Å². The molecule has 6 nitrogen and oxygen atoms in total. The van der Waals surface area contributed by atoms with Gasteiger partial charge in [-0.15, -0.1) is 0 Å². The standard InChI is InChI=1S/C27H30F3NO5/c1-19(2)26(33)36-13-8-6-4-5-7-12-35-24-17-31-16-21(25(24)34-3)14-22(18-32)20-10-9-11-23(15-20)27(28,29)30/h9-11,14-18H,1,4-8,12-13H2,2-3H3/b22-14+. The van der Waals surface area contributed by atoms with Gasteiger partial charge in [0.15, 0.2) is 17.8 Å². The summed E-state index contributed by atoms with van der Waals surface area (Å²) in [6, 6.07) is 4.55. The molecule has 0 aliphatic rings. The van der Waals surface area contributed by atoms with E-state index in [0.717, 1.165) is 44.2 Å². The van der Waals surface area contributed by atoms with Crippen LogP contribution in [0.4, 0.5) is 13.2 Å². The summed E-state index contributed by atoms with van der Waals surface area (Å²) in [7, 11) is 1.44. The molecular formula is C27H30F3NO5. The number of hydrogen-bond donors (Lipinski definition) is 0. The van der Waals surface area contributed by atoms with Crippen LogP contribution in [0.3, 0.4) is 0 Å². The highest BCUT2D eigenvalue weighted by Gasteiger charge is 2.30. The molecule has 0 spiro atoms. The van der Waals surface area contributed by atoms with Gasteiger partial charge in [-0.05, 0) is 43.5 Å². The van der Waals surface area contributed by atoms with Gasteiger partial charge in [0, 0.05) is 22.9 Å². The van der Waals surface area contributed by atoms with E-state index in [1.165, 1.54) is 37.7 Å². The van der Waals surface area contributed by atoms with Gasteiger partial charge in [-0.3, -0.25) is 9.78 Å². The highest BCUT2D eigenvalue weighted by molar-refractivity contribution is 6.13. The normalized spacial score (nSPS) is 11.6. The number of esters is 1. The number of benzene rings is 1. The largest absolute Gasteiger partial charge is 0.492 e. The first kappa shape index (κ1) is 28.6. The summed E-state index contributed by atoms with van der Waals surface area (Å²) in [6.45, 7) is 5.92. The van der Waals surface area contributed by atoms with Gasteiger partial charge in [0.25, 0.3) is 0 Å². The minimum Gasteiger partial charge on any atom is -0.492 e. The number of carbonyl (C=O) groups excluding carboxylic acids is 2. The summed E-state index contributed by atoms with van der Waals surface area (Å²) in [5.41, 5.74) is 0.117. The molecule has 36 heavy (non-hydrogen) atoms. The van der Waals surface area contributed by atoms with Gasteiger partial charge in [-0.1, -0.05) is 38.0 Å². The predicted octanol–water partition coefficient (Wildman–Crippen LogP) is 6.30. The number of alkyl halides is 3. The molecule has 0 aliphatic carbocycles. The summed E-state index contributed by atoms with van der Waals surface area (Å²) in [5.74, 6) is 0.320. The van der Waals surface area contributed by atoms with Gasteiger partial charge >= 0.3 is 12.1 Å². The van der Waals surface area contributed by atoms with E-state index in [9.17, 15) is 22.8 Å². The minimum atomic E-state index is -4.52. The molecule has 0 unspecified atom stereocenters. The Labute approximate surface area is 208 Å². The van der Waals surface area contributed by atoms with Crippen molar-refractivity contribution in [3.05, 3.63) is 65.5 Å². The Bertz CT molecular complexity index is 1080. The van der Waals surface area contributed by atoms with Crippen LogP contribution in [0, 0.1) is 0 Å². The van der Waals surface area contributed by atoms with Crippen molar-refractivity contribution in [2.24, 2.45) is 0 Å². The Balaban J connectivity index is 1.96. The molecule has 1 aromatic carbocycles. The van der Waals surface area contributed by atoms with Crippen LogP contribution in [-0.4, -0.2) is 37.6 Å². The van der Waals surface area contributed by atoms with Crippen molar-refractivity contribution in [2.45, 2.75) is 45.2 Å². The lowest BCUT2D eigenvalue weighted by Crippen LogP contribution is -2.06. The first-order valence-corrected chi connectivity index (χ1v) is 11.5. The lowest BCUT2D eigenvalue weighted by molar-refractivity contribution is -0.139. The van der Waals surface area contributed by atoms with Crippen molar-refractivity contribution in [3.63, 3.8) is 0 Å². The molecule has 0 amide bonds. The first-order chi connectivity index (χ1) is 17.2. The third kappa shape index (κ3) is 8.87. The SMILES string of the molecule is C=C(C)C(=O)OCCCCCCCOc1cncc(/C=C(\C=O)c2cccc(C(F)(F)F)c2)c1OC. The Hall–Kier alpha value is -3.62. The number of methoxy groups -OCH3 is 1. The van der Waals surface area contributed by atoms with E-state index in [-0.39, 0.29) is 17.1 Å². The molecule has 1 aromatic heterocycles. The molecular weight excluding hydrogens is 475 g/mol. The molecule has 2 aromatic rings. The monoisotopic (exact) mass is 505 g/mol. The smallest absolute Gasteiger partial charge is 0.416 e. The Morgan fingerprint density at radius 2 is 1.78 bits per heavy atom. The highest BCUT2D eigenvalue weighted by atomic mass is 19.4. The predicted molar refractivity (Wildman–Crippen MR) is 131 cm³/mol. The van der Waals surface area contributed by atoms with Crippen molar-refractivity contribution in [1.29, 1.82) is 0 Å². The summed E-state index contributed by atoms with van der Waals surface area (Å²) >= 11 is 0. The fraction of sp³-hybridized carbons (Fsp3) is 0.370. The molecule has 194 valence electrons. The number of hydrogen-bond acceptors (Lipinski definition) is 6. The summed E-state index contributed by atoms with van der Waals surface area (Å²) in [4.78, 5) is 27.1. The van der Waals surface area contributed by atoms with E-state index in [2.05, 4.69) is 11.6 Å². The van der Waals surface area contributed by atoms with Gasteiger partial charge in [-0.2, -0.15) is 13.2 Å². The van der Waals surface area contributed by atoms with Crippen molar-refractivity contribution in [3.8, 4) is 11.5 Å². The first-order valence-electron chi connectivity index (χ1n) is 11.5. The van der Waals surface area contributed by atoms with E-state index < -0.39 is 11.7 Å². The van der Waals surface area contributed by atoms with Crippen LogP contribution < -0.4 is 9.47 Å². The van der Waals surface area contributed by atoms with Gasteiger partial charge in [-0.25, -0.2) is 4.79 Å². The zero-order chi connectivity index (χ0) is 26.6. The van der Waals surface area contributed by atoms with Crippen LogP contribution in [0.5, 0.6) is 11.5 Å². The maximum absolute atomic E-state index is 13.1. The van der Waals surface area contributed by atoms with Gasteiger partial charge in [0.1, 0.15) is 0 Å². The number of nitrogens with zero attached hydrogens (tertiary/aromatic N) is 1. The fourth-order valence-electron chi connectivity index (χ4n) is 3.30. The number of aromatic nitrogens is 1. The summed E-state index contributed by atoms with van der Waals surface area (Å²) in [5, 5.41) is 0. The van der Waals surface area contributed by atoms with E-state index in [0.29, 0.717) is 42.1 Å². The zero-order valence-electron chi connectivity index (χ0n) is 20.4. The fourth-order valence-corrected chi connectivity index (χ4v) is 3.30. The zero-order valence-corrected chi connectivity index (χ0v) is 20.4. The third-order valence-electron chi connectivity index (χ3n) is 5.18. The molecule has 0 atom stereocenters.